The highest BCUT2D eigenvalue weighted by Crippen LogP contribution is 2.25. The van der Waals surface area contributed by atoms with E-state index in [1.807, 2.05) is 30.3 Å². The monoisotopic (exact) mass is 362 g/mol. The second-order valence-electron chi connectivity index (χ2n) is 5.02. The fourth-order valence-corrected chi connectivity index (χ4v) is 2.75. The van der Waals surface area contributed by atoms with E-state index in [0.29, 0.717) is 25.6 Å². The molecule has 0 unspecified atom stereocenters. The van der Waals surface area contributed by atoms with Crippen molar-refractivity contribution in [1.29, 1.82) is 0 Å². The minimum Gasteiger partial charge on any atom is -0.473 e. The highest BCUT2D eigenvalue weighted by atomic mass is 79.9. The van der Waals surface area contributed by atoms with Crippen molar-refractivity contribution in [3.63, 3.8) is 0 Å². The Bertz CT molecular complexity index is 706. The van der Waals surface area contributed by atoms with E-state index >= 15 is 0 Å². The lowest BCUT2D eigenvalue weighted by Gasteiger charge is -2.12. The number of ether oxygens (including phenoxy) is 2. The predicted octanol–water partition coefficient (Wildman–Crippen LogP) is 3.51. The van der Waals surface area contributed by atoms with Gasteiger partial charge in [-0.15, -0.1) is 0 Å². The maximum Gasteiger partial charge on any atom is 0.410 e. The van der Waals surface area contributed by atoms with Gasteiger partial charge < -0.3 is 9.47 Å². The maximum atomic E-state index is 11.6. The lowest BCUT2D eigenvalue weighted by atomic mass is 10.1. The Labute approximate surface area is 137 Å². The lowest BCUT2D eigenvalue weighted by molar-refractivity contribution is 0.123. The van der Waals surface area contributed by atoms with Crippen LogP contribution in [-0.4, -0.2) is 23.1 Å². The molecule has 0 bridgehead atoms. The number of hydrogen-bond donors (Lipinski definition) is 0. The molecule has 114 valence electrons. The standard InChI is InChI=1S/C16H15BrN2O3/c1-21-16(20)19-8-12-6-5-11(7-13(12)9-19)10-22-15-4-2-3-14(17)18-15/h2-7H,8-10H2,1H3. The maximum absolute atomic E-state index is 11.6. The molecule has 2 heterocycles. The van der Waals surface area contributed by atoms with E-state index in [2.05, 4.69) is 27.0 Å². The summed E-state index contributed by atoms with van der Waals surface area (Å²) in [6.07, 6.45) is -0.299. The van der Waals surface area contributed by atoms with Crippen LogP contribution in [0.15, 0.2) is 41.0 Å². The molecular weight excluding hydrogens is 348 g/mol. The van der Waals surface area contributed by atoms with Gasteiger partial charge in [0.15, 0.2) is 0 Å². The van der Waals surface area contributed by atoms with Crippen LogP contribution in [0.3, 0.4) is 0 Å². The quantitative estimate of drug-likeness (QED) is 0.784. The zero-order valence-electron chi connectivity index (χ0n) is 12.1. The van der Waals surface area contributed by atoms with Gasteiger partial charge in [0.25, 0.3) is 0 Å². The molecule has 0 fully saturated rings. The second-order valence-corrected chi connectivity index (χ2v) is 5.83. The largest absolute Gasteiger partial charge is 0.473 e. The molecule has 0 N–H and O–H groups in total. The van der Waals surface area contributed by atoms with Gasteiger partial charge in [0, 0.05) is 19.2 Å². The van der Waals surface area contributed by atoms with Crippen molar-refractivity contribution in [1.82, 2.24) is 9.88 Å². The Morgan fingerprint density at radius 3 is 2.86 bits per heavy atom. The van der Waals surface area contributed by atoms with E-state index in [0.717, 1.165) is 21.3 Å². The summed E-state index contributed by atoms with van der Waals surface area (Å²) in [5.41, 5.74) is 3.33. The van der Waals surface area contributed by atoms with Gasteiger partial charge in [-0.25, -0.2) is 9.78 Å². The third kappa shape index (κ3) is 3.22. The second kappa shape index (κ2) is 6.36. The molecule has 1 aliphatic heterocycles. The summed E-state index contributed by atoms with van der Waals surface area (Å²) in [6.45, 7) is 1.61. The highest BCUT2D eigenvalue weighted by molar-refractivity contribution is 9.10. The van der Waals surface area contributed by atoms with Gasteiger partial charge in [-0.3, -0.25) is 4.90 Å². The Kier molecular flexibility index (Phi) is 4.29. The number of carbonyl (C=O) groups is 1. The van der Waals surface area contributed by atoms with Gasteiger partial charge >= 0.3 is 6.09 Å². The Morgan fingerprint density at radius 2 is 2.09 bits per heavy atom. The van der Waals surface area contributed by atoms with Crippen molar-refractivity contribution < 1.29 is 14.3 Å². The average molecular weight is 363 g/mol. The van der Waals surface area contributed by atoms with Crippen LogP contribution >= 0.6 is 15.9 Å². The van der Waals surface area contributed by atoms with Gasteiger partial charge in [-0.05, 0) is 38.7 Å². The minimum absolute atomic E-state index is 0.299. The summed E-state index contributed by atoms with van der Waals surface area (Å²) in [5, 5.41) is 0. The molecule has 5 nitrogen and oxygen atoms in total. The summed E-state index contributed by atoms with van der Waals surface area (Å²) < 4.78 is 11.2. The molecule has 0 aliphatic carbocycles. The number of nitrogens with zero attached hydrogens (tertiary/aromatic N) is 2. The number of carbonyl (C=O) groups excluding carboxylic acids is 1. The first-order chi connectivity index (χ1) is 10.7. The van der Waals surface area contributed by atoms with E-state index in [4.69, 9.17) is 9.47 Å². The van der Waals surface area contributed by atoms with Gasteiger partial charge in [-0.2, -0.15) is 0 Å². The van der Waals surface area contributed by atoms with Crippen molar-refractivity contribution in [3.8, 4) is 5.88 Å². The normalized spacial score (nSPS) is 12.9. The Morgan fingerprint density at radius 1 is 1.27 bits per heavy atom. The molecule has 1 aromatic carbocycles. The molecule has 0 radical (unpaired) electrons. The molecule has 0 saturated heterocycles. The SMILES string of the molecule is COC(=O)N1Cc2ccc(COc3cccc(Br)n3)cc2C1. The van der Waals surface area contributed by atoms with Gasteiger partial charge in [-0.1, -0.05) is 24.3 Å². The molecular formula is C16H15BrN2O3. The number of benzene rings is 1. The number of hydrogen-bond acceptors (Lipinski definition) is 4. The molecule has 22 heavy (non-hydrogen) atoms. The third-order valence-electron chi connectivity index (χ3n) is 3.50. The molecule has 2 aromatic rings. The Balaban J connectivity index is 1.67. The van der Waals surface area contributed by atoms with Gasteiger partial charge in [0.05, 0.1) is 7.11 Å². The van der Waals surface area contributed by atoms with Crippen LogP contribution in [0, 0.1) is 0 Å². The van der Waals surface area contributed by atoms with Crippen molar-refractivity contribution in [2.45, 2.75) is 19.7 Å². The summed E-state index contributed by atoms with van der Waals surface area (Å²) >= 11 is 3.32. The molecule has 0 atom stereocenters. The topological polar surface area (TPSA) is 51.7 Å². The van der Waals surface area contributed by atoms with E-state index < -0.39 is 0 Å². The zero-order valence-corrected chi connectivity index (χ0v) is 13.7. The van der Waals surface area contributed by atoms with Crippen molar-refractivity contribution in [2.24, 2.45) is 0 Å². The smallest absolute Gasteiger partial charge is 0.410 e. The van der Waals surface area contributed by atoms with Gasteiger partial charge in [0.2, 0.25) is 5.88 Å². The number of aromatic nitrogens is 1. The number of fused-ring (bicyclic) bond motifs is 1. The van der Waals surface area contributed by atoms with Crippen LogP contribution in [0.1, 0.15) is 16.7 Å². The summed E-state index contributed by atoms with van der Waals surface area (Å²) in [4.78, 5) is 17.5. The van der Waals surface area contributed by atoms with Crippen LogP contribution < -0.4 is 4.74 Å². The van der Waals surface area contributed by atoms with Crippen molar-refractivity contribution >= 4 is 22.0 Å². The van der Waals surface area contributed by atoms with Crippen LogP contribution in [0.5, 0.6) is 5.88 Å². The van der Waals surface area contributed by atoms with E-state index in [9.17, 15) is 4.79 Å². The van der Waals surface area contributed by atoms with Crippen LogP contribution in [0.25, 0.3) is 0 Å². The molecule has 0 spiro atoms. The number of amides is 1. The van der Waals surface area contributed by atoms with Crippen LogP contribution in [0.2, 0.25) is 0 Å². The number of halogens is 1. The van der Waals surface area contributed by atoms with Gasteiger partial charge in [0.1, 0.15) is 11.2 Å². The summed E-state index contributed by atoms with van der Waals surface area (Å²) in [6, 6.07) is 11.7. The Hall–Kier alpha value is -2.08. The van der Waals surface area contributed by atoms with E-state index in [1.165, 1.54) is 7.11 Å². The van der Waals surface area contributed by atoms with Crippen molar-refractivity contribution in [2.75, 3.05) is 7.11 Å². The predicted molar refractivity (Wildman–Crippen MR) is 84.4 cm³/mol. The molecule has 0 saturated carbocycles. The first-order valence-corrected chi connectivity index (χ1v) is 7.64. The number of rotatable bonds is 3. The molecule has 1 amide bonds. The molecule has 6 heteroatoms. The van der Waals surface area contributed by atoms with Crippen LogP contribution in [-0.2, 0) is 24.4 Å². The van der Waals surface area contributed by atoms with Crippen molar-refractivity contribution in [3.05, 3.63) is 57.7 Å². The number of pyridine rings is 1. The molecule has 1 aliphatic rings. The first kappa shape index (κ1) is 14.8. The third-order valence-corrected chi connectivity index (χ3v) is 3.94. The van der Waals surface area contributed by atoms with E-state index in [1.54, 1.807) is 4.90 Å². The van der Waals surface area contributed by atoms with E-state index in [-0.39, 0.29) is 6.09 Å². The fraction of sp³-hybridized carbons (Fsp3) is 0.250. The zero-order chi connectivity index (χ0) is 15.5. The summed E-state index contributed by atoms with van der Waals surface area (Å²) in [7, 11) is 1.40. The average Bonchev–Trinajstić information content (AvgIpc) is 2.95. The molecule has 3 rings (SSSR count). The fourth-order valence-electron chi connectivity index (χ4n) is 2.42. The first-order valence-electron chi connectivity index (χ1n) is 6.84. The van der Waals surface area contributed by atoms with Crippen LogP contribution in [0.4, 0.5) is 4.79 Å². The highest BCUT2D eigenvalue weighted by Gasteiger charge is 2.23. The summed E-state index contributed by atoms with van der Waals surface area (Å²) in [5.74, 6) is 0.575. The lowest BCUT2D eigenvalue weighted by Crippen LogP contribution is -2.24. The molecule has 1 aromatic heterocycles. The minimum atomic E-state index is -0.299. The number of methoxy groups -OCH3 is 1.